The van der Waals surface area contributed by atoms with E-state index in [-0.39, 0.29) is 51.3 Å². The number of amides is 3. The third kappa shape index (κ3) is 5.32. The fraction of sp³-hybridized carbons (Fsp3) is 0.314. The summed E-state index contributed by atoms with van der Waals surface area (Å²) >= 11 is 2.72. The number of thioether (sulfide) groups is 1. The molecule has 3 fully saturated rings. The zero-order valence-corrected chi connectivity index (χ0v) is 27.4. The first kappa shape index (κ1) is 31.7. The Kier molecular flexibility index (Phi) is 7.63. The van der Waals surface area contributed by atoms with Crippen LogP contribution in [0, 0.1) is 29.6 Å². The molecule has 2 N–H and O–H groups in total. The zero-order chi connectivity index (χ0) is 34.2. The first-order valence-corrected chi connectivity index (χ1v) is 17.3. The number of aromatic nitrogens is 1. The van der Waals surface area contributed by atoms with Crippen molar-refractivity contribution in [2.45, 2.75) is 28.8 Å². The van der Waals surface area contributed by atoms with Crippen molar-refractivity contribution < 1.29 is 37.0 Å². The third-order valence-electron chi connectivity index (χ3n) is 10.1. The maximum atomic E-state index is 14.0. The third-order valence-corrected chi connectivity index (χ3v) is 12.7. The zero-order valence-electron chi connectivity index (χ0n) is 25.7. The van der Waals surface area contributed by atoms with E-state index in [1.807, 2.05) is 6.07 Å². The molecule has 252 valence electrons. The number of thiazole rings is 1. The molecule has 2 aliphatic carbocycles. The largest absolute Gasteiger partial charge is 0.497 e. The molecule has 9 nitrogen and oxygen atoms in total. The number of hydrogen-bond donors (Lipinski definition) is 2. The minimum absolute atomic E-state index is 0.00194. The predicted octanol–water partition coefficient (Wildman–Crippen LogP) is 6.16. The second kappa shape index (κ2) is 11.8. The Morgan fingerprint density at radius 3 is 2.43 bits per heavy atom. The van der Waals surface area contributed by atoms with Crippen molar-refractivity contribution in [2.24, 2.45) is 29.6 Å². The lowest BCUT2D eigenvalue weighted by Crippen LogP contribution is -2.42. The first-order chi connectivity index (χ1) is 23.5. The van der Waals surface area contributed by atoms with Gasteiger partial charge in [0.15, 0.2) is 6.61 Å². The van der Waals surface area contributed by atoms with Gasteiger partial charge in [0, 0.05) is 21.7 Å². The van der Waals surface area contributed by atoms with E-state index in [0.29, 0.717) is 17.2 Å². The summed E-state index contributed by atoms with van der Waals surface area (Å²) in [6.45, 7) is -0.443. The lowest BCUT2D eigenvalue weighted by molar-refractivity contribution is -0.137. The fourth-order valence-corrected chi connectivity index (χ4v) is 11.2. The number of methoxy groups -OCH3 is 1. The normalized spacial score (nSPS) is 26.7. The molecule has 3 amide bonds. The molecule has 4 aliphatic rings. The number of anilines is 2. The smallest absolute Gasteiger partial charge is 0.416 e. The number of ether oxygens (including phenoxy) is 2. The Bertz CT molecular complexity index is 2050. The number of hydrogen-bond acceptors (Lipinski definition) is 8. The number of aromatic amines is 1. The van der Waals surface area contributed by atoms with Crippen LogP contribution in [0.4, 0.5) is 24.5 Å². The molecular formula is C35H28F3N3O6S2. The SMILES string of the molecule is COc1ccc(N2C(=O)C3C(C2=O)[C@@H]2C[C@H]3C3Sc4[nH]c(=O)sc4[C@H](c4cccc(OCC(=O)Nc5cccc(C(F)(F)F)c5)c4)C32)cc1. The van der Waals surface area contributed by atoms with Gasteiger partial charge in [-0.05, 0) is 84.3 Å². The Balaban J connectivity index is 1.05. The van der Waals surface area contributed by atoms with Crippen LogP contribution in [0.5, 0.6) is 11.5 Å². The Labute approximate surface area is 285 Å². The van der Waals surface area contributed by atoms with E-state index >= 15 is 0 Å². The van der Waals surface area contributed by atoms with Crippen LogP contribution >= 0.6 is 23.1 Å². The van der Waals surface area contributed by atoms with Gasteiger partial charge >= 0.3 is 11.0 Å². The van der Waals surface area contributed by atoms with Crippen LogP contribution < -0.4 is 24.6 Å². The van der Waals surface area contributed by atoms with Crippen molar-refractivity contribution in [3.63, 3.8) is 0 Å². The number of rotatable bonds is 7. The van der Waals surface area contributed by atoms with Crippen molar-refractivity contribution in [3.8, 4) is 11.5 Å². The number of benzene rings is 3. The first-order valence-electron chi connectivity index (χ1n) is 15.6. The quantitative estimate of drug-likeness (QED) is 0.221. The second-order valence-corrected chi connectivity index (χ2v) is 14.9. The molecule has 2 saturated carbocycles. The summed E-state index contributed by atoms with van der Waals surface area (Å²) < 4.78 is 50.4. The number of fused-ring (bicyclic) bond motifs is 9. The van der Waals surface area contributed by atoms with E-state index in [0.717, 1.165) is 45.4 Å². The van der Waals surface area contributed by atoms with E-state index in [9.17, 15) is 32.3 Å². The van der Waals surface area contributed by atoms with Crippen molar-refractivity contribution in [3.05, 3.63) is 98.5 Å². The molecule has 7 atom stereocenters. The monoisotopic (exact) mass is 707 g/mol. The van der Waals surface area contributed by atoms with Crippen LogP contribution in [0.3, 0.4) is 0 Å². The minimum atomic E-state index is -4.54. The molecule has 0 spiro atoms. The highest BCUT2D eigenvalue weighted by Gasteiger charge is 2.69. The number of imide groups is 1. The number of alkyl halides is 3. The van der Waals surface area contributed by atoms with Crippen molar-refractivity contribution in [1.82, 2.24) is 4.98 Å². The van der Waals surface area contributed by atoms with Crippen molar-refractivity contribution >= 4 is 52.2 Å². The van der Waals surface area contributed by atoms with Gasteiger partial charge in [-0.2, -0.15) is 13.2 Å². The number of nitrogens with zero attached hydrogens (tertiary/aromatic N) is 1. The molecule has 4 unspecified atom stereocenters. The van der Waals surface area contributed by atoms with E-state index in [1.54, 1.807) is 61.3 Å². The molecule has 2 bridgehead atoms. The summed E-state index contributed by atoms with van der Waals surface area (Å²) in [6.07, 6.45) is -3.81. The standard InChI is InChI=1S/C35H28F3N3O6S2/c1-46-20-10-8-19(9-11-20)41-32(43)27-22-14-23(28(27)33(41)44)29-26(22)25(30-31(48-29)40-34(45)49-30)16-4-2-7-21(12-16)47-15-24(42)39-18-6-3-5-17(13-18)35(36,37)38/h2-13,22-23,25-29H,14-15H2,1H3,(H,39,42)(H,40,45)/t22-,23-,25-,26?,27?,28?,29?/m1/s1. The van der Waals surface area contributed by atoms with Gasteiger partial charge < -0.3 is 19.8 Å². The lowest BCUT2D eigenvalue weighted by atomic mass is 9.68. The molecule has 4 aromatic rings. The Hall–Kier alpha value is -4.56. The molecule has 0 radical (unpaired) electrons. The summed E-state index contributed by atoms with van der Waals surface area (Å²) in [5.41, 5.74) is 0.480. The maximum absolute atomic E-state index is 14.0. The summed E-state index contributed by atoms with van der Waals surface area (Å²) in [5, 5.41) is 3.20. The molecule has 1 aromatic heterocycles. The Morgan fingerprint density at radius 1 is 0.959 bits per heavy atom. The Morgan fingerprint density at radius 2 is 1.69 bits per heavy atom. The van der Waals surface area contributed by atoms with Gasteiger partial charge in [0.2, 0.25) is 11.8 Å². The van der Waals surface area contributed by atoms with Crippen LogP contribution in [0.1, 0.15) is 28.3 Å². The van der Waals surface area contributed by atoms with E-state index in [4.69, 9.17) is 9.47 Å². The summed E-state index contributed by atoms with van der Waals surface area (Å²) in [6, 6.07) is 18.4. The molecule has 14 heteroatoms. The number of halogens is 3. The lowest BCUT2D eigenvalue weighted by Gasteiger charge is -2.43. The van der Waals surface area contributed by atoms with Crippen molar-refractivity contribution in [2.75, 3.05) is 23.9 Å². The number of carbonyl (C=O) groups is 3. The van der Waals surface area contributed by atoms with Gasteiger partial charge in [0.1, 0.15) is 11.5 Å². The van der Waals surface area contributed by atoms with Crippen LogP contribution in [0.2, 0.25) is 0 Å². The molecule has 49 heavy (non-hydrogen) atoms. The van der Waals surface area contributed by atoms with Crippen LogP contribution in [-0.2, 0) is 20.6 Å². The van der Waals surface area contributed by atoms with Crippen LogP contribution in [0.25, 0.3) is 0 Å². The average Bonchev–Trinajstić information content (AvgIpc) is 3.82. The summed E-state index contributed by atoms with van der Waals surface area (Å²) in [4.78, 5) is 58.1. The van der Waals surface area contributed by atoms with Crippen LogP contribution in [-0.4, -0.2) is 41.7 Å². The van der Waals surface area contributed by atoms with E-state index in [1.165, 1.54) is 17.0 Å². The topological polar surface area (TPSA) is 118 Å². The second-order valence-electron chi connectivity index (χ2n) is 12.7. The van der Waals surface area contributed by atoms with Gasteiger partial charge in [-0.1, -0.05) is 29.5 Å². The number of H-pyrrole nitrogens is 1. The highest BCUT2D eigenvalue weighted by molar-refractivity contribution is 8.00. The van der Waals surface area contributed by atoms with Crippen molar-refractivity contribution in [1.29, 1.82) is 0 Å². The molecule has 3 aromatic carbocycles. The van der Waals surface area contributed by atoms with Gasteiger partial charge in [-0.25, -0.2) is 0 Å². The van der Waals surface area contributed by atoms with E-state index in [2.05, 4.69) is 10.3 Å². The fourth-order valence-electron chi connectivity index (χ4n) is 8.29. The number of nitrogens with one attached hydrogen (secondary N) is 2. The van der Waals surface area contributed by atoms with Gasteiger partial charge in [0.25, 0.3) is 5.91 Å². The van der Waals surface area contributed by atoms with E-state index < -0.39 is 36.1 Å². The predicted molar refractivity (Wildman–Crippen MR) is 176 cm³/mol. The van der Waals surface area contributed by atoms with Gasteiger partial charge in [0.05, 0.1) is 35.2 Å². The maximum Gasteiger partial charge on any atom is 0.416 e. The molecule has 8 rings (SSSR count). The summed E-state index contributed by atoms with van der Waals surface area (Å²) in [7, 11) is 1.55. The molecular weight excluding hydrogens is 680 g/mol. The van der Waals surface area contributed by atoms with Crippen LogP contribution in [0.15, 0.2) is 82.6 Å². The average molecular weight is 708 g/mol. The molecule has 1 saturated heterocycles. The highest BCUT2D eigenvalue weighted by Crippen LogP contribution is 2.68. The number of carbonyl (C=O) groups excluding carboxylic acids is 3. The summed E-state index contributed by atoms with van der Waals surface area (Å²) in [5.74, 6) is -1.39. The highest BCUT2D eigenvalue weighted by atomic mass is 32.2. The molecule has 3 heterocycles. The van der Waals surface area contributed by atoms with Gasteiger partial charge in [-0.3, -0.25) is 24.1 Å². The van der Waals surface area contributed by atoms with Gasteiger partial charge in [-0.15, -0.1) is 11.8 Å². The molecule has 2 aliphatic heterocycles. The minimum Gasteiger partial charge on any atom is -0.497 e.